The molecule has 2 aromatic rings. The van der Waals surface area contributed by atoms with Crippen LogP contribution in [0.15, 0.2) is 36.4 Å². The number of rotatable bonds is 4. The van der Waals surface area contributed by atoms with Gasteiger partial charge in [0.2, 0.25) is 5.41 Å². The second-order valence-electron chi connectivity index (χ2n) is 6.14. The van der Waals surface area contributed by atoms with Crippen molar-refractivity contribution in [3.05, 3.63) is 58.7 Å². The summed E-state index contributed by atoms with van der Waals surface area (Å²) in [5, 5.41) is 19.3. The molecule has 29 heavy (non-hydrogen) atoms. The third kappa shape index (κ3) is 3.58. The molecule has 0 atom stereocenters. The first-order valence-electron chi connectivity index (χ1n) is 8.05. The topological polar surface area (TPSA) is 40.5 Å². The van der Waals surface area contributed by atoms with E-state index in [2.05, 4.69) is 5.92 Å². The van der Waals surface area contributed by atoms with Crippen molar-refractivity contribution in [3.8, 4) is 36.2 Å². The summed E-state index contributed by atoms with van der Waals surface area (Å²) in [6.45, 7) is 0. The summed E-state index contributed by atoms with van der Waals surface area (Å²) in [4.78, 5) is 0. The van der Waals surface area contributed by atoms with Gasteiger partial charge in [-0.3, -0.25) is 0 Å². The van der Waals surface area contributed by atoms with E-state index in [0.717, 1.165) is 18.2 Å². The quantitative estimate of drug-likeness (QED) is 0.556. The lowest BCUT2D eigenvalue weighted by Crippen LogP contribution is -2.55. The second kappa shape index (κ2) is 7.63. The van der Waals surface area contributed by atoms with Crippen molar-refractivity contribution in [2.45, 2.75) is 30.6 Å². The van der Waals surface area contributed by atoms with Crippen LogP contribution < -0.4 is 0 Å². The number of hydrogen-bond acceptors (Lipinski definition) is 2. The minimum absolute atomic E-state index is 0.278. The molecular weight excluding hydrogens is 398 g/mol. The molecule has 152 valence electrons. The highest BCUT2D eigenvalue weighted by molar-refractivity contribution is 5.56. The Morgan fingerprint density at radius 1 is 0.724 bits per heavy atom. The van der Waals surface area contributed by atoms with Crippen molar-refractivity contribution in [1.82, 2.24) is 0 Å². The summed E-state index contributed by atoms with van der Waals surface area (Å²) in [5.74, 6) is 3.07. The molecule has 0 radical (unpaired) electrons. The predicted molar refractivity (Wildman–Crippen MR) is 94.2 cm³/mol. The molecule has 0 bridgehead atoms. The third-order valence-electron chi connectivity index (χ3n) is 4.52. The van der Waals surface area contributed by atoms with Crippen LogP contribution in [-0.4, -0.2) is 22.6 Å². The van der Waals surface area contributed by atoms with E-state index in [1.54, 1.807) is 0 Å². The number of phenolic OH excluding ortho intramolecular Hbond substituents is 2. The van der Waals surface area contributed by atoms with E-state index in [1.165, 1.54) is 0 Å². The molecular formula is C21H14F6O2. The lowest BCUT2D eigenvalue weighted by molar-refractivity contribution is -0.288. The minimum atomic E-state index is -5.84. The summed E-state index contributed by atoms with van der Waals surface area (Å²) in [7, 11) is 0. The Bertz CT molecular complexity index is 959. The molecule has 0 fully saturated rings. The van der Waals surface area contributed by atoms with Crippen LogP contribution in [0, 0.1) is 24.7 Å². The number of benzene rings is 2. The van der Waals surface area contributed by atoms with Gasteiger partial charge in [0.25, 0.3) is 0 Å². The SMILES string of the molecule is C#CCc1c(O)ccc(C(c2ccc(O)cc2)(C(F)(F)F)C(F)(F)F)c1CC#C. The molecule has 0 saturated heterocycles. The lowest BCUT2D eigenvalue weighted by atomic mass is 9.70. The Morgan fingerprint density at radius 2 is 1.21 bits per heavy atom. The number of phenols is 2. The molecule has 0 aliphatic rings. The van der Waals surface area contributed by atoms with E-state index in [1.807, 2.05) is 5.92 Å². The van der Waals surface area contributed by atoms with Crippen molar-refractivity contribution >= 4 is 0 Å². The van der Waals surface area contributed by atoms with Gasteiger partial charge in [-0.05, 0) is 34.9 Å². The van der Waals surface area contributed by atoms with Crippen LogP contribution in [-0.2, 0) is 18.3 Å². The molecule has 0 saturated carbocycles. The Balaban J connectivity index is 3.09. The van der Waals surface area contributed by atoms with E-state index >= 15 is 0 Å². The first-order valence-corrected chi connectivity index (χ1v) is 8.05. The molecule has 0 aromatic heterocycles. The molecule has 2 nitrogen and oxygen atoms in total. The van der Waals surface area contributed by atoms with Crippen LogP contribution in [0.5, 0.6) is 11.5 Å². The summed E-state index contributed by atoms with van der Waals surface area (Å²) >= 11 is 0. The van der Waals surface area contributed by atoms with Crippen molar-refractivity contribution in [2.24, 2.45) is 0 Å². The Morgan fingerprint density at radius 3 is 1.66 bits per heavy atom. The number of hydrogen-bond donors (Lipinski definition) is 2. The molecule has 8 heteroatoms. The van der Waals surface area contributed by atoms with E-state index in [-0.39, 0.29) is 5.56 Å². The summed E-state index contributed by atoms with van der Waals surface area (Å²) in [5.41, 5.74) is -7.60. The fourth-order valence-corrected chi connectivity index (χ4v) is 3.30. The molecule has 0 aliphatic carbocycles. The van der Waals surface area contributed by atoms with Gasteiger partial charge >= 0.3 is 12.4 Å². The number of aromatic hydroxyl groups is 2. The summed E-state index contributed by atoms with van der Waals surface area (Å²) in [6, 6.07) is 3.83. The number of alkyl halides is 6. The zero-order chi connectivity index (χ0) is 22.0. The van der Waals surface area contributed by atoms with Crippen LogP contribution in [0.4, 0.5) is 26.3 Å². The van der Waals surface area contributed by atoms with E-state index in [9.17, 15) is 36.6 Å². The second-order valence-corrected chi connectivity index (χ2v) is 6.14. The third-order valence-corrected chi connectivity index (χ3v) is 4.52. The van der Waals surface area contributed by atoms with Crippen LogP contribution in [0.1, 0.15) is 22.3 Å². The molecule has 2 N–H and O–H groups in total. The zero-order valence-corrected chi connectivity index (χ0v) is 14.7. The van der Waals surface area contributed by atoms with Crippen LogP contribution in [0.2, 0.25) is 0 Å². The van der Waals surface area contributed by atoms with Gasteiger partial charge in [0, 0.05) is 18.4 Å². The molecule has 0 unspecified atom stereocenters. The Kier molecular flexibility index (Phi) is 5.80. The zero-order valence-electron chi connectivity index (χ0n) is 14.7. The maximum Gasteiger partial charge on any atom is 0.411 e. The fraction of sp³-hybridized carbons (Fsp3) is 0.238. The summed E-state index contributed by atoms with van der Waals surface area (Å²) in [6.07, 6.45) is -2.36. The van der Waals surface area contributed by atoms with Gasteiger partial charge in [0.15, 0.2) is 0 Å². The molecule has 0 spiro atoms. The van der Waals surface area contributed by atoms with Gasteiger partial charge < -0.3 is 10.2 Å². The first-order chi connectivity index (χ1) is 13.4. The average molecular weight is 412 g/mol. The Hall–Kier alpha value is -3.26. The highest BCUT2D eigenvalue weighted by atomic mass is 19.4. The van der Waals surface area contributed by atoms with Crippen molar-refractivity contribution < 1.29 is 36.6 Å². The first kappa shape index (κ1) is 22.0. The molecule has 0 amide bonds. The molecule has 0 heterocycles. The van der Waals surface area contributed by atoms with Gasteiger partial charge in [-0.2, -0.15) is 26.3 Å². The van der Waals surface area contributed by atoms with E-state index in [4.69, 9.17) is 12.8 Å². The van der Waals surface area contributed by atoms with Gasteiger partial charge in [-0.25, -0.2) is 0 Å². The molecule has 2 rings (SSSR count). The highest BCUT2D eigenvalue weighted by Crippen LogP contribution is 2.57. The Labute approximate surface area is 162 Å². The largest absolute Gasteiger partial charge is 0.508 e. The highest BCUT2D eigenvalue weighted by Gasteiger charge is 2.73. The maximum absolute atomic E-state index is 14.2. The number of terminal acetylenes is 2. The maximum atomic E-state index is 14.2. The summed E-state index contributed by atoms with van der Waals surface area (Å²) < 4.78 is 85.5. The van der Waals surface area contributed by atoms with Crippen molar-refractivity contribution in [3.63, 3.8) is 0 Å². The monoisotopic (exact) mass is 412 g/mol. The predicted octanol–water partition coefficient (Wildman–Crippen LogP) is 4.86. The van der Waals surface area contributed by atoms with Crippen molar-refractivity contribution in [2.75, 3.05) is 0 Å². The normalized spacial score (nSPS) is 12.3. The minimum Gasteiger partial charge on any atom is -0.508 e. The van der Waals surface area contributed by atoms with Gasteiger partial charge in [-0.15, -0.1) is 24.7 Å². The van der Waals surface area contributed by atoms with Crippen LogP contribution in [0.25, 0.3) is 0 Å². The van der Waals surface area contributed by atoms with Gasteiger partial charge in [0.1, 0.15) is 11.5 Å². The number of halogens is 6. The standard InChI is InChI=1S/C21H14F6O2/c1-3-5-15-16(6-4-2)18(29)12-11-17(15)19(20(22,23)24,21(25,26)27)13-7-9-14(28)10-8-13/h1-2,7-12,28-29H,5-6H2. The fourth-order valence-electron chi connectivity index (χ4n) is 3.30. The van der Waals surface area contributed by atoms with E-state index in [0.29, 0.717) is 18.2 Å². The molecule has 2 aromatic carbocycles. The molecule has 0 aliphatic heterocycles. The van der Waals surface area contributed by atoms with Gasteiger partial charge in [0.05, 0.1) is 0 Å². The van der Waals surface area contributed by atoms with Gasteiger partial charge in [-0.1, -0.05) is 18.2 Å². The smallest absolute Gasteiger partial charge is 0.411 e. The van der Waals surface area contributed by atoms with E-state index < -0.39 is 58.8 Å². The van der Waals surface area contributed by atoms with Crippen LogP contribution >= 0.6 is 0 Å². The lowest BCUT2D eigenvalue weighted by Gasteiger charge is -2.39. The van der Waals surface area contributed by atoms with Crippen molar-refractivity contribution in [1.29, 1.82) is 0 Å². The van der Waals surface area contributed by atoms with Crippen LogP contribution in [0.3, 0.4) is 0 Å². The average Bonchev–Trinajstić information content (AvgIpc) is 2.59.